The Morgan fingerprint density at radius 2 is 1.65 bits per heavy atom. The van der Waals surface area contributed by atoms with Crippen LogP contribution in [0.25, 0.3) is 0 Å². The molecule has 1 N–H and O–H groups in total. The summed E-state index contributed by atoms with van der Waals surface area (Å²) in [6, 6.07) is 9.13. The number of esters is 1. The van der Waals surface area contributed by atoms with Gasteiger partial charge in [-0.3, -0.25) is 9.59 Å². The van der Waals surface area contributed by atoms with Crippen molar-refractivity contribution in [2.45, 2.75) is 24.6 Å². The summed E-state index contributed by atoms with van der Waals surface area (Å²) in [5.41, 5.74) is 0.843. The molecule has 0 aromatic heterocycles. The molecule has 0 aliphatic heterocycles. The number of ether oxygens (including phenoxy) is 1. The second kappa shape index (κ2) is 14.4. The molecule has 1 aromatic rings. The molecular weight excluding hydrogens is 326 g/mol. The molecule has 0 unspecified atom stereocenters. The lowest BCUT2D eigenvalue weighted by Crippen LogP contribution is -1.98. The summed E-state index contributed by atoms with van der Waals surface area (Å²) in [5.74, 6) is -0.997. The number of carbonyl (C=O) groups is 2. The Balaban J connectivity index is 0. The first-order valence-corrected chi connectivity index (χ1v) is 6.91. The van der Waals surface area contributed by atoms with Crippen LogP contribution in [0.1, 0.15) is 19.4 Å². The maximum atomic E-state index is 10.2. The summed E-state index contributed by atoms with van der Waals surface area (Å²) in [7, 11) is 0. The Morgan fingerprint density at radius 1 is 1.20 bits per heavy atom. The van der Waals surface area contributed by atoms with E-state index >= 15 is 0 Å². The maximum absolute atomic E-state index is 10.2. The number of hydrogen-bond donors (Lipinski definition) is 1. The highest BCUT2D eigenvalue weighted by Gasteiger charge is 1.96. The van der Waals surface area contributed by atoms with Gasteiger partial charge in [0.25, 0.3) is 0 Å². The molecular formula is C13H17Cl3O4. The average Bonchev–Trinajstić information content (AvgIpc) is 2.29. The van der Waals surface area contributed by atoms with E-state index in [0.29, 0.717) is 6.61 Å². The van der Waals surface area contributed by atoms with Crippen molar-refractivity contribution >= 4 is 46.7 Å². The fraction of sp³-hybridized carbons (Fsp3) is 0.385. The second-order valence-corrected chi connectivity index (χ2v) is 5.21. The molecule has 0 amide bonds. The highest BCUT2D eigenvalue weighted by atomic mass is 35.6. The highest BCUT2D eigenvalue weighted by molar-refractivity contribution is 6.63. The molecule has 114 valence electrons. The van der Waals surface area contributed by atoms with Gasteiger partial charge in [0.05, 0.1) is 13.0 Å². The number of rotatable bonds is 3. The monoisotopic (exact) mass is 342 g/mol. The van der Waals surface area contributed by atoms with Crippen LogP contribution in [0.2, 0.25) is 0 Å². The fourth-order valence-corrected chi connectivity index (χ4v) is 0.974. The molecule has 0 aliphatic carbocycles. The minimum atomic E-state index is -0.786. The smallest absolute Gasteiger partial charge is 0.307 e. The van der Waals surface area contributed by atoms with Crippen LogP contribution in [0.3, 0.4) is 0 Å². The Morgan fingerprint density at radius 3 is 1.90 bits per heavy atom. The lowest BCUT2D eigenvalue weighted by Gasteiger charge is -1.92. The Bertz CT molecular complexity index is 366. The first-order valence-electron chi connectivity index (χ1n) is 5.60. The molecule has 1 aromatic carbocycles. The van der Waals surface area contributed by atoms with E-state index in [1.165, 1.54) is 6.92 Å². The number of aliphatic carboxylic acids is 1. The topological polar surface area (TPSA) is 63.6 Å². The van der Waals surface area contributed by atoms with Gasteiger partial charge in [0.15, 0.2) is 4.30 Å². The number of hydrogen-bond acceptors (Lipinski definition) is 3. The van der Waals surface area contributed by atoms with E-state index in [1.54, 1.807) is 19.1 Å². The van der Waals surface area contributed by atoms with E-state index in [-0.39, 0.29) is 12.4 Å². The van der Waals surface area contributed by atoms with E-state index < -0.39 is 10.3 Å². The lowest BCUT2D eigenvalue weighted by molar-refractivity contribution is -0.140. The number of halogens is 3. The largest absolute Gasteiger partial charge is 0.481 e. The predicted molar refractivity (Wildman–Crippen MR) is 81.4 cm³/mol. The van der Waals surface area contributed by atoms with Gasteiger partial charge in [0.2, 0.25) is 0 Å². The number of carboxylic acid groups (broad SMARTS) is 1. The van der Waals surface area contributed by atoms with Gasteiger partial charge < -0.3 is 9.84 Å². The van der Waals surface area contributed by atoms with Gasteiger partial charge in [0.1, 0.15) is 0 Å². The minimum Gasteiger partial charge on any atom is -0.481 e. The standard InChI is InChI=1S/C8H8O2.C4H8O2.CHCl3/c9-8(10)6-7-4-2-1-3-5-7;1-3-6-4(2)5;2-1(3)4/h1-5H,6H2,(H,9,10);3H2,1-2H3;1H. The normalized spacial score (nSPS) is 8.70. The van der Waals surface area contributed by atoms with Crippen molar-refractivity contribution in [2.75, 3.05) is 6.61 Å². The molecule has 0 heterocycles. The quantitative estimate of drug-likeness (QED) is 0.668. The molecule has 1 rings (SSSR count). The van der Waals surface area contributed by atoms with Gasteiger partial charge in [-0.25, -0.2) is 0 Å². The van der Waals surface area contributed by atoms with Crippen molar-refractivity contribution in [1.82, 2.24) is 0 Å². The summed E-state index contributed by atoms with van der Waals surface area (Å²) in [5, 5.41) is 8.37. The Hall–Kier alpha value is -0.970. The average molecular weight is 344 g/mol. The molecule has 0 saturated heterocycles. The van der Waals surface area contributed by atoms with Gasteiger partial charge in [0, 0.05) is 6.92 Å². The molecule has 0 fully saturated rings. The molecule has 0 atom stereocenters. The molecule has 0 radical (unpaired) electrons. The van der Waals surface area contributed by atoms with Crippen molar-refractivity contribution in [3.8, 4) is 0 Å². The molecule has 20 heavy (non-hydrogen) atoms. The van der Waals surface area contributed by atoms with E-state index in [4.69, 9.17) is 39.9 Å². The van der Waals surface area contributed by atoms with Crippen LogP contribution in [0, 0.1) is 0 Å². The third kappa shape index (κ3) is 22.2. The van der Waals surface area contributed by atoms with Gasteiger partial charge in [-0.15, -0.1) is 0 Å². The third-order valence-electron chi connectivity index (χ3n) is 1.55. The fourth-order valence-electron chi connectivity index (χ4n) is 0.974. The van der Waals surface area contributed by atoms with Crippen molar-refractivity contribution in [1.29, 1.82) is 0 Å². The molecule has 0 saturated carbocycles. The Labute approximate surface area is 133 Å². The van der Waals surface area contributed by atoms with Gasteiger partial charge in [-0.05, 0) is 12.5 Å². The van der Waals surface area contributed by atoms with Gasteiger partial charge >= 0.3 is 11.9 Å². The van der Waals surface area contributed by atoms with Crippen LogP contribution in [-0.4, -0.2) is 27.9 Å². The van der Waals surface area contributed by atoms with Crippen molar-refractivity contribution in [3.63, 3.8) is 0 Å². The SMILES string of the molecule is CCOC(C)=O.ClC(Cl)Cl.O=C(O)Cc1ccccc1. The van der Waals surface area contributed by atoms with Crippen LogP contribution in [0.15, 0.2) is 30.3 Å². The number of carbonyl (C=O) groups excluding carboxylic acids is 1. The molecule has 0 aliphatic rings. The third-order valence-corrected chi connectivity index (χ3v) is 1.55. The summed E-state index contributed by atoms with van der Waals surface area (Å²) in [4.78, 5) is 20.0. The van der Waals surface area contributed by atoms with Gasteiger partial charge in [-0.2, -0.15) is 0 Å². The summed E-state index contributed by atoms with van der Waals surface area (Å²) in [6.07, 6.45) is 0.112. The predicted octanol–water partition coefficient (Wildman–Crippen LogP) is 3.87. The summed E-state index contributed by atoms with van der Waals surface area (Å²) in [6.45, 7) is 3.65. The van der Waals surface area contributed by atoms with Crippen molar-refractivity contribution in [2.24, 2.45) is 0 Å². The first-order chi connectivity index (χ1) is 9.29. The van der Waals surface area contributed by atoms with E-state index in [2.05, 4.69) is 4.74 Å². The number of carboxylic acids is 1. The van der Waals surface area contributed by atoms with E-state index in [0.717, 1.165) is 5.56 Å². The van der Waals surface area contributed by atoms with Crippen LogP contribution < -0.4 is 0 Å². The molecule has 4 nitrogen and oxygen atoms in total. The first kappa shape index (κ1) is 21.3. The highest BCUT2D eigenvalue weighted by Crippen LogP contribution is 2.03. The second-order valence-electron chi connectivity index (χ2n) is 3.23. The summed E-state index contributed by atoms with van der Waals surface area (Å²) >= 11 is 14.4. The minimum absolute atomic E-state index is 0.112. The molecule has 0 spiro atoms. The Kier molecular flexibility index (Phi) is 15.4. The zero-order valence-corrected chi connectivity index (χ0v) is 13.5. The zero-order valence-electron chi connectivity index (χ0n) is 11.2. The molecule has 0 bridgehead atoms. The molecule has 7 heteroatoms. The van der Waals surface area contributed by atoms with Crippen molar-refractivity contribution < 1.29 is 19.4 Å². The number of benzene rings is 1. The van der Waals surface area contributed by atoms with Gasteiger partial charge in [-0.1, -0.05) is 65.1 Å². The lowest BCUT2D eigenvalue weighted by atomic mass is 10.2. The van der Waals surface area contributed by atoms with E-state index in [1.807, 2.05) is 18.2 Å². The van der Waals surface area contributed by atoms with Crippen LogP contribution in [0.5, 0.6) is 0 Å². The van der Waals surface area contributed by atoms with E-state index in [9.17, 15) is 9.59 Å². The maximum Gasteiger partial charge on any atom is 0.307 e. The zero-order chi connectivity index (χ0) is 16.0. The summed E-state index contributed by atoms with van der Waals surface area (Å²) < 4.78 is 3.65. The number of alkyl halides is 3. The van der Waals surface area contributed by atoms with Crippen LogP contribution in [-0.2, 0) is 20.7 Å². The van der Waals surface area contributed by atoms with Crippen LogP contribution in [0.4, 0.5) is 0 Å². The van der Waals surface area contributed by atoms with Crippen molar-refractivity contribution in [3.05, 3.63) is 35.9 Å². The van der Waals surface area contributed by atoms with Crippen LogP contribution >= 0.6 is 34.8 Å².